The van der Waals surface area contributed by atoms with E-state index < -0.39 is 34.0 Å². The van der Waals surface area contributed by atoms with E-state index in [0.717, 1.165) is 12.8 Å². The van der Waals surface area contributed by atoms with Crippen molar-refractivity contribution in [2.45, 2.75) is 56.7 Å². The van der Waals surface area contributed by atoms with Gasteiger partial charge in [-0.3, -0.25) is 4.79 Å². The fraction of sp³-hybridized carbons (Fsp3) is 0.364. The molecule has 3 rings (SSSR count). The molecular formula is C22H24Cl2N2O5S. The van der Waals surface area contributed by atoms with E-state index in [1.807, 2.05) is 0 Å². The molecule has 172 valence electrons. The number of benzene rings is 2. The van der Waals surface area contributed by atoms with Crippen LogP contribution < -0.4 is 10.0 Å². The van der Waals surface area contributed by atoms with Crippen LogP contribution in [0, 0.1) is 6.92 Å². The van der Waals surface area contributed by atoms with E-state index in [1.54, 1.807) is 32.0 Å². The standard InChI is InChI=1S/C22H24Cl2N2O5S/c1-12-4-8-17(32(29,30)26-16-6-7-16)11-19(12)22(28)31-14(3)21(27)25-13(2)18-9-5-15(23)10-20(18)24/h4-5,8-11,13-14,16,26H,6-7H2,1-3H3,(H,25,27). The van der Waals surface area contributed by atoms with Gasteiger partial charge in [0.05, 0.1) is 16.5 Å². The first kappa shape index (κ1) is 24.5. The normalized spacial score (nSPS) is 15.7. The second-order valence-electron chi connectivity index (χ2n) is 7.82. The maximum absolute atomic E-state index is 12.7. The quantitative estimate of drug-likeness (QED) is 0.531. The van der Waals surface area contributed by atoms with E-state index >= 15 is 0 Å². The predicted octanol–water partition coefficient (Wildman–Crippen LogP) is 4.17. The Bertz CT molecular complexity index is 1150. The SMILES string of the molecule is Cc1ccc(S(=O)(=O)NC2CC2)cc1C(=O)OC(C)C(=O)NC(C)c1ccc(Cl)cc1Cl. The zero-order valence-corrected chi connectivity index (χ0v) is 20.1. The predicted molar refractivity (Wildman–Crippen MR) is 122 cm³/mol. The summed E-state index contributed by atoms with van der Waals surface area (Å²) in [4.78, 5) is 25.2. The maximum Gasteiger partial charge on any atom is 0.339 e. The third-order valence-electron chi connectivity index (χ3n) is 5.08. The van der Waals surface area contributed by atoms with Crippen LogP contribution in [0.25, 0.3) is 0 Å². The number of rotatable bonds is 8. The van der Waals surface area contributed by atoms with Gasteiger partial charge < -0.3 is 10.1 Å². The third kappa shape index (κ3) is 6.01. The molecule has 2 unspecified atom stereocenters. The minimum Gasteiger partial charge on any atom is -0.449 e. The summed E-state index contributed by atoms with van der Waals surface area (Å²) in [5.41, 5.74) is 1.28. The Kier molecular flexibility index (Phi) is 7.50. The molecule has 0 bridgehead atoms. The van der Waals surface area contributed by atoms with Gasteiger partial charge in [-0.25, -0.2) is 17.9 Å². The van der Waals surface area contributed by atoms with E-state index in [-0.39, 0.29) is 16.5 Å². The molecule has 7 nitrogen and oxygen atoms in total. The van der Waals surface area contributed by atoms with Gasteiger partial charge in [0.15, 0.2) is 6.10 Å². The first-order chi connectivity index (χ1) is 15.0. The van der Waals surface area contributed by atoms with Crippen LogP contribution >= 0.6 is 23.2 Å². The van der Waals surface area contributed by atoms with Gasteiger partial charge in [-0.2, -0.15) is 0 Å². The lowest BCUT2D eigenvalue weighted by molar-refractivity contribution is -0.129. The summed E-state index contributed by atoms with van der Waals surface area (Å²) in [6.45, 7) is 4.84. The highest BCUT2D eigenvalue weighted by Gasteiger charge is 2.29. The van der Waals surface area contributed by atoms with E-state index in [9.17, 15) is 18.0 Å². The minimum absolute atomic E-state index is 0.0231. The van der Waals surface area contributed by atoms with Crippen molar-refractivity contribution in [3.05, 3.63) is 63.1 Å². The number of nitrogens with one attached hydrogen (secondary N) is 2. The number of halogens is 2. The second kappa shape index (κ2) is 9.79. The molecule has 1 aliphatic carbocycles. The van der Waals surface area contributed by atoms with Crippen molar-refractivity contribution in [3.8, 4) is 0 Å². The molecule has 0 aliphatic heterocycles. The summed E-state index contributed by atoms with van der Waals surface area (Å²) >= 11 is 12.1. The van der Waals surface area contributed by atoms with Crippen LogP contribution in [0.3, 0.4) is 0 Å². The number of esters is 1. The summed E-state index contributed by atoms with van der Waals surface area (Å²) in [6, 6.07) is 8.68. The van der Waals surface area contributed by atoms with Gasteiger partial charge in [0.2, 0.25) is 10.0 Å². The van der Waals surface area contributed by atoms with Crippen LogP contribution in [0.4, 0.5) is 0 Å². The Balaban J connectivity index is 1.68. The molecule has 0 aromatic heterocycles. The van der Waals surface area contributed by atoms with Gasteiger partial charge >= 0.3 is 5.97 Å². The molecule has 0 heterocycles. The molecule has 0 saturated heterocycles. The first-order valence-corrected chi connectivity index (χ1v) is 12.3. The Hall–Kier alpha value is -2.13. The number of amides is 1. The van der Waals surface area contributed by atoms with Crippen molar-refractivity contribution in [3.63, 3.8) is 0 Å². The van der Waals surface area contributed by atoms with Gasteiger partial charge in [0.25, 0.3) is 5.91 Å². The van der Waals surface area contributed by atoms with Crippen LogP contribution in [0.2, 0.25) is 10.0 Å². The molecule has 2 N–H and O–H groups in total. The van der Waals surface area contributed by atoms with Crippen molar-refractivity contribution in [1.29, 1.82) is 0 Å². The molecular weight excluding hydrogens is 475 g/mol. The van der Waals surface area contributed by atoms with Gasteiger partial charge in [0.1, 0.15) is 0 Å². The van der Waals surface area contributed by atoms with Crippen molar-refractivity contribution < 1.29 is 22.7 Å². The Morgan fingerprint density at radius 2 is 1.78 bits per heavy atom. The molecule has 2 atom stereocenters. The fourth-order valence-electron chi connectivity index (χ4n) is 3.02. The highest BCUT2D eigenvalue weighted by Crippen LogP contribution is 2.26. The molecule has 1 fully saturated rings. The van der Waals surface area contributed by atoms with Crippen molar-refractivity contribution in [2.24, 2.45) is 0 Å². The van der Waals surface area contributed by atoms with Gasteiger partial charge in [-0.15, -0.1) is 0 Å². The monoisotopic (exact) mass is 498 g/mol. The first-order valence-electron chi connectivity index (χ1n) is 10.1. The van der Waals surface area contributed by atoms with E-state index in [4.69, 9.17) is 27.9 Å². The van der Waals surface area contributed by atoms with E-state index in [1.165, 1.54) is 25.1 Å². The summed E-state index contributed by atoms with van der Waals surface area (Å²) < 4.78 is 32.8. The minimum atomic E-state index is -3.73. The van der Waals surface area contributed by atoms with Crippen LogP contribution in [-0.4, -0.2) is 32.4 Å². The highest BCUT2D eigenvalue weighted by atomic mass is 35.5. The Morgan fingerprint density at radius 1 is 1.09 bits per heavy atom. The Morgan fingerprint density at radius 3 is 2.41 bits per heavy atom. The zero-order valence-electron chi connectivity index (χ0n) is 17.8. The molecule has 10 heteroatoms. The van der Waals surface area contributed by atoms with Crippen LogP contribution in [0.5, 0.6) is 0 Å². The van der Waals surface area contributed by atoms with Crippen LogP contribution in [-0.2, 0) is 19.6 Å². The highest BCUT2D eigenvalue weighted by molar-refractivity contribution is 7.89. The van der Waals surface area contributed by atoms with Crippen LogP contribution in [0.1, 0.15) is 54.2 Å². The number of carbonyl (C=O) groups is 2. The lowest BCUT2D eigenvalue weighted by atomic mass is 10.1. The Labute approximate surface area is 197 Å². The zero-order chi connectivity index (χ0) is 23.6. The number of ether oxygens (including phenoxy) is 1. The topological polar surface area (TPSA) is 102 Å². The number of sulfonamides is 1. The van der Waals surface area contributed by atoms with Gasteiger partial charge in [-0.1, -0.05) is 35.3 Å². The molecule has 0 spiro atoms. The largest absolute Gasteiger partial charge is 0.449 e. The fourth-order valence-corrected chi connectivity index (χ4v) is 4.92. The molecule has 0 radical (unpaired) electrons. The average molecular weight is 499 g/mol. The second-order valence-corrected chi connectivity index (χ2v) is 10.4. The summed E-state index contributed by atoms with van der Waals surface area (Å²) in [5.74, 6) is -1.31. The maximum atomic E-state index is 12.7. The van der Waals surface area contributed by atoms with Crippen molar-refractivity contribution in [1.82, 2.24) is 10.0 Å². The van der Waals surface area contributed by atoms with Gasteiger partial charge in [-0.05, 0) is 69.0 Å². The van der Waals surface area contributed by atoms with E-state index in [2.05, 4.69) is 10.0 Å². The average Bonchev–Trinajstić information content (AvgIpc) is 3.51. The molecule has 2 aromatic rings. The lowest BCUT2D eigenvalue weighted by Crippen LogP contribution is -2.37. The van der Waals surface area contributed by atoms with E-state index in [0.29, 0.717) is 21.2 Å². The molecule has 32 heavy (non-hydrogen) atoms. The van der Waals surface area contributed by atoms with Gasteiger partial charge in [0, 0.05) is 16.1 Å². The molecule has 1 amide bonds. The number of aryl methyl sites for hydroxylation is 1. The number of hydrogen-bond donors (Lipinski definition) is 2. The molecule has 1 saturated carbocycles. The van der Waals surface area contributed by atoms with Crippen molar-refractivity contribution >= 4 is 45.1 Å². The summed E-state index contributed by atoms with van der Waals surface area (Å²) in [6.07, 6.45) is 0.485. The lowest BCUT2D eigenvalue weighted by Gasteiger charge is -2.19. The summed E-state index contributed by atoms with van der Waals surface area (Å²) in [7, 11) is -3.73. The number of hydrogen-bond acceptors (Lipinski definition) is 5. The number of carbonyl (C=O) groups excluding carboxylic acids is 2. The smallest absolute Gasteiger partial charge is 0.339 e. The molecule has 1 aliphatic rings. The van der Waals surface area contributed by atoms with Crippen molar-refractivity contribution in [2.75, 3.05) is 0 Å². The van der Waals surface area contributed by atoms with Crippen LogP contribution in [0.15, 0.2) is 41.3 Å². The molecule has 2 aromatic carbocycles. The third-order valence-corrected chi connectivity index (χ3v) is 7.16. The summed E-state index contributed by atoms with van der Waals surface area (Å²) in [5, 5.41) is 3.63.